The first-order chi connectivity index (χ1) is 7.67. The summed E-state index contributed by atoms with van der Waals surface area (Å²) in [6.45, 7) is 1.71. The van der Waals surface area contributed by atoms with Crippen LogP contribution in [0.2, 0.25) is 0 Å². The van der Waals surface area contributed by atoms with Crippen molar-refractivity contribution in [2.45, 2.75) is 6.92 Å². The zero-order valence-corrected chi connectivity index (χ0v) is 9.51. The summed E-state index contributed by atoms with van der Waals surface area (Å²) in [5, 5.41) is 29.9. The molecule has 0 aliphatic carbocycles. The Bertz CT molecular complexity index is 517. The molecule has 5 nitrogen and oxygen atoms in total. The molecule has 1 heterocycles. The maximum Gasteiger partial charge on any atom is 0.154 e. The number of nitrogens with one attached hydrogen (secondary N) is 1. The summed E-state index contributed by atoms with van der Waals surface area (Å²) in [5.74, 6) is 0.557. The van der Waals surface area contributed by atoms with Gasteiger partial charge in [-0.05, 0) is 13.2 Å². The molecule has 0 unspecified atom stereocenters. The van der Waals surface area contributed by atoms with Crippen LogP contribution < -0.4 is 5.32 Å². The molecular formula is C10H7N5S. The summed E-state index contributed by atoms with van der Waals surface area (Å²) < 4.78 is 0. The Kier molecular flexibility index (Phi) is 3.72. The summed E-state index contributed by atoms with van der Waals surface area (Å²) in [4.78, 5) is 4.13. The van der Waals surface area contributed by atoms with E-state index in [1.807, 2.05) is 6.07 Å². The Morgan fingerprint density at radius 1 is 1.31 bits per heavy atom. The van der Waals surface area contributed by atoms with Crippen LogP contribution in [0.15, 0.2) is 26.9 Å². The van der Waals surface area contributed by atoms with Gasteiger partial charge in [-0.3, -0.25) is 0 Å². The molecule has 0 saturated carbocycles. The van der Waals surface area contributed by atoms with Crippen molar-refractivity contribution in [1.82, 2.24) is 5.32 Å². The first kappa shape index (κ1) is 11.8. The number of hydrogen-bond donors (Lipinski definition) is 1. The summed E-state index contributed by atoms with van der Waals surface area (Å²) in [7, 11) is 0. The van der Waals surface area contributed by atoms with Crippen LogP contribution in [0.3, 0.4) is 0 Å². The van der Waals surface area contributed by atoms with E-state index in [0.717, 1.165) is 0 Å². The second-order valence-electron chi connectivity index (χ2n) is 2.79. The van der Waals surface area contributed by atoms with Gasteiger partial charge in [0.1, 0.15) is 34.6 Å². The Morgan fingerprint density at radius 3 is 2.38 bits per heavy atom. The fraction of sp³-hybridized carbons (Fsp3) is 0.200. The van der Waals surface area contributed by atoms with Crippen LogP contribution >= 0.6 is 11.8 Å². The molecule has 6 heteroatoms. The van der Waals surface area contributed by atoms with E-state index in [0.29, 0.717) is 10.9 Å². The average molecular weight is 229 g/mol. The first-order valence-electron chi connectivity index (χ1n) is 4.23. The van der Waals surface area contributed by atoms with Gasteiger partial charge in [-0.15, -0.1) is 11.8 Å². The number of amidine groups is 1. The van der Waals surface area contributed by atoms with Gasteiger partial charge in [-0.25, -0.2) is 4.99 Å². The lowest BCUT2D eigenvalue weighted by atomic mass is 10.1. The molecule has 1 N–H and O–H groups in total. The van der Waals surface area contributed by atoms with Crippen LogP contribution in [0.1, 0.15) is 6.92 Å². The van der Waals surface area contributed by atoms with E-state index in [1.54, 1.807) is 25.3 Å². The Hall–Kier alpha value is -2.23. The van der Waals surface area contributed by atoms with Crippen molar-refractivity contribution in [3.8, 4) is 18.2 Å². The molecule has 0 bridgehead atoms. The van der Waals surface area contributed by atoms with Crippen LogP contribution in [0.25, 0.3) is 0 Å². The van der Waals surface area contributed by atoms with Gasteiger partial charge < -0.3 is 5.32 Å². The van der Waals surface area contributed by atoms with E-state index < -0.39 is 0 Å². The zero-order chi connectivity index (χ0) is 12.1. The van der Waals surface area contributed by atoms with Crippen molar-refractivity contribution >= 4 is 17.6 Å². The lowest BCUT2D eigenvalue weighted by molar-refractivity contribution is 1.07. The van der Waals surface area contributed by atoms with E-state index in [2.05, 4.69) is 10.3 Å². The van der Waals surface area contributed by atoms with Crippen molar-refractivity contribution < 1.29 is 0 Å². The Morgan fingerprint density at radius 2 is 1.94 bits per heavy atom. The SMILES string of the molecule is CSC1=C(C#N)C(=C(C#N)C#N)NC(C)=N1. The van der Waals surface area contributed by atoms with Crippen molar-refractivity contribution in [1.29, 1.82) is 15.8 Å². The molecule has 1 aliphatic rings. The lowest BCUT2D eigenvalue weighted by Crippen LogP contribution is -2.26. The number of allylic oxidation sites excluding steroid dienone is 2. The topological polar surface area (TPSA) is 95.8 Å². The van der Waals surface area contributed by atoms with Crippen molar-refractivity contribution in [2.75, 3.05) is 6.26 Å². The number of hydrogen-bond acceptors (Lipinski definition) is 6. The molecule has 16 heavy (non-hydrogen) atoms. The molecule has 0 atom stereocenters. The molecule has 0 radical (unpaired) electrons. The minimum absolute atomic E-state index is 0.114. The Balaban J connectivity index is 3.50. The molecule has 0 spiro atoms. The van der Waals surface area contributed by atoms with E-state index in [-0.39, 0.29) is 16.8 Å². The normalized spacial score (nSPS) is 14.2. The lowest BCUT2D eigenvalue weighted by Gasteiger charge is -2.16. The van der Waals surface area contributed by atoms with Gasteiger partial charge in [0.05, 0.1) is 5.70 Å². The highest BCUT2D eigenvalue weighted by atomic mass is 32.2. The van der Waals surface area contributed by atoms with Crippen LogP contribution in [-0.4, -0.2) is 12.1 Å². The van der Waals surface area contributed by atoms with Crippen molar-refractivity contribution in [3.63, 3.8) is 0 Å². The van der Waals surface area contributed by atoms with Crippen molar-refractivity contribution in [2.24, 2.45) is 4.99 Å². The largest absolute Gasteiger partial charge is 0.341 e. The predicted octanol–water partition coefficient (Wildman–Crippen LogP) is 1.41. The van der Waals surface area contributed by atoms with Crippen LogP contribution in [0.5, 0.6) is 0 Å². The number of aliphatic imine (C=N–C) groups is 1. The second-order valence-corrected chi connectivity index (χ2v) is 3.59. The summed E-state index contributed by atoms with van der Waals surface area (Å²) in [5.41, 5.74) is 0.359. The molecule has 0 saturated heterocycles. The van der Waals surface area contributed by atoms with Gasteiger partial charge in [0.2, 0.25) is 0 Å². The summed E-state index contributed by atoms with van der Waals surface area (Å²) in [6, 6.07) is 5.47. The predicted molar refractivity (Wildman–Crippen MR) is 60.7 cm³/mol. The highest BCUT2D eigenvalue weighted by molar-refractivity contribution is 8.02. The smallest absolute Gasteiger partial charge is 0.154 e. The molecule has 78 valence electrons. The monoisotopic (exact) mass is 229 g/mol. The van der Waals surface area contributed by atoms with Crippen LogP contribution in [-0.2, 0) is 0 Å². The van der Waals surface area contributed by atoms with Gasteiger partial charge in [0, 0.05) is 0 Å². The van der Waals surface area contributed by atoms with Gasteiger partial charge in [0.25, 0.3) is 0 Å². The number of nitrogens with zero attached hydrogens (tertiary/aromatic N) is 4. The number of rotatable bonds is 1. The minimum atomic E-state index is -0.114. The Labute approximate surface area is 97.4 Å². The molecule has 0 aromatic carbocycles. The van der Waals surface area contributed by atoms with Gasteiger partial charge in [0.15, 0.2) is 5.57 Å². The fourth-order valence-electron chi connectivity index (χ4n) is 1.16. The molecule has 0 fully saturated rings. The molecule has 0 aromatic heterocycles. The number of thioether (sulfide) groups is 1. The molecule has 1 rings (SSSR count). The van der Waals surface area contributed by atoms with E-state index >= 15 is 0 Å². The second kappa shape index (κ2) is 5.02. The third-order valence-electron chi connectivity index (χ3n) is 1.82. The maximum absolute atomic E-state index is 9.01. The highest BCUT2D eigenvalue weighted by Crippen LogP contribution is 2.27. The molecule has 0 amide bonds. The summed E-state index contributed by atoms with van der Waals surface area (Å²) >= 11 is 1.30. The highest BCUT2D eigenvalue weighted by Gasteiger charge is 2.20. The summed E-state index contributed by atoms with van der Waals surface area (Å²) in [6.07, 6.45) is 1.78. The quantitative estimate of drug-likeness (QED) is 0.686. The van der Waals surface area contributed by atoms with Crippen LogP contribution in [0, 0.1) is 34.0 Å². The molecule has 0 aromatic rings. The first-order valence-corrected chi connectivity index (χ1v) is 5.46. The molecule has 1 aliphatic heterocycles. The van der Waals surface area contributed by atoms with E-state index in [9.17, 15) is 0 Å². The van der Waals surface area contributed by atoms with Gasteiger partial charge in [-0.1, -0.05) is 0 Å². The third-order valence-corrected chi connectivity index (χ3v) is 2.50. The average Bonchev–Trinajstić information content (AvgIpc) is 2.30. The van der Waals surface area contributed by atoms with Gasteiger partial charge in [-0.2, -0.15) is 15.8 Å². The third kappa shape index (κ3) is 2.06. The van der Waals surface area contributed by atoms with Crippen molar-refractivity contribution in [3.05, 3.63) is 21.9 Å². The zero-order valence-electron chi connectivity index (χ0n) is 8.70. The van der Waals surface area contributed by atoms with E-state index in [1.165, 1.54) is 11.8 Å². The number of nitriles is 3. The molecular weight excluding hydrogens is 222 g/mol. The fourth-order valence-corrected chi connectivity index (χ4v) is 1.74. The standard InChI is InChI=1S/C10H7N5S/c1-6-14-9(7(3-11)4-12)8(5-13)10(15-6)16-2/h1-2H3,(H,14,15). The van der Waals surface area contributed by atoms with Gasteiger partial charge >= 0.3 is 0 Å². The maximum atomic E-state index is 9.01. The van der Waals surface area contributed by atoms with E-state index in [4.69, 9.17) is 15.8 Å². The minimum Gasteiger partial charge on any atom is -0.341 e. The van der Waals surface area contributed by atoms with Crippen LogP contribution in [0.4, 0.5) is 0 Å².